The maximum atomic E-state index is 9.62. The van der Waals surface area contributed by atoms with E-state index in [0.717, 1.165) is 12.1 Å². The molecule has 3 N–H and O–H groups in total. The summed E-state index contributed by atoms with van der Waals surface area (Å²) in [5, 5.41) is 14.0. The van der Waals surface area contributed by atoms with Crippen LogP contribution in [0.3, 0.4) is 0 Å². The molecule has 1 rings (SSSR count). The van der Waals surface area contributed by atoms with Gasteiger partial charge in [-0.2, -0.15) is 5.10 Å². The van der Waals surface area contributed by atoms with Gasteiger partial charge in [0.15, 0.2) is 0 Å². The summed E-state index contributed by atoms with van der Waals surface area (Å²) in [4.78, 5) is 0. The highest BCUT2D eigenvalue weighted by Crippen LogP contribution is 2.15. The largest absolute Gasteiger partial charge is 0.392 e. The van der Waals surface area contributed by atoms with Gasteiger partial charge in [-0.25, -0.2) is 0 Å². The zero-order chi connectivity index (χ0) is 11.6. The van der Waals surface area contributed by atoms with Gasteiger partial charge in [0.2, 0.25) is 0 Å². The van der Waals surface area contributed by atoms with Crippen molar-refractivity contribution in [1.82, 2.24) is 9.78 Å². The Kier molecular flexibility index (Phi) is 3.88. The number of nitrogens with two attached hydrogens (primary N) is 1. The quantitative estimate of drug-likeness (QED) is 0.769. The van der Waals surface area contributed by atoms with Gasteiger partial charge >= 0.3 is 0 Å². The van der Waals surface area contributed by atoms with Crippen molar-refractivity contribution in [2.24, 2.45) is 12.8 Å². The molecule has 86 valence electrons. The predicted octanol–water partition coefficient (Wildman–Crippen LogP) is 0.678. The lowest BCUT2D eigenvalue weighted by molar-refractivity contribution is 0.141. The lowest BCUT2D eigenvalue weighted by Crippen LogP contribution is -2.31. The fourth-order valence-corrected chi connectivity index (χ4v) is 1.73. The van der Waals surface area contributed by atoms with E-state index in [1.807, 2.05) is 32.5 Å². The second-order valence-electron chi connectivity index (χ2n) is 4.24. The van der Waals surface area contributed by atoms with Gasteiger partial charge in [0.05, 0.1) is 11.8 Å². The number of aliphatic hydroxyl groups is 1. The van der Waals surface area contributed by atoms with Crippen LogP contribution in [0.2, 0.25) is 0 Å². The number of aromatic nitrogens is 2. The normalized spacial score (nSPS) is 15.3. The van der Waals surface area contributed by atoms with E-state index in [9.17, 15) is 5.11 Å². The van der Waals surface area contributed by atoms with Crippen molar-refractivity contribution in [1.29, 1.82) is 0 Å². The lowest BCUT2D eigenvalue weighted by Gasteiger charge is -2.14. The highest BCUT2D eigenvalue weighted by atomic mass is 16.3. The van der Waals surface area contributed by atoms with E-state index in [0.29, 0.717) is 6.42 Å². The first-order chi connectivity index (χ1) is 6.93. The number of aryl methyl sites for hydroxylation is 2. The van der Waals surface area contributed by atoms with Gasteiger partial charge in [-0.15, -0.1) is 0 Å². The average molecular weight is 211 g/mol. The van der Waals surface area contributed by atoms with Crippen molar-refractivity contribution < 1.29 is 5.11 Å². The number of hydrogen-bond donors (Lipinski definition) is 2. The topological polar surface area (TPSA) is 64.1 Å². The molecule has 0 aromatic carbocycles. The van der Waals surface area contributed by atoms with Crippen LogP contribution >= 0.6 is 0 Å². The molecule has 2 atom stereocenters. The van der Waals surface area contributed by atoms with E-state index in [1.54, 1.807) is 0 Å². The SMILES string of the molecule is Cc1nn(C)c(C)c1CCC(O)C(C)N. The highest BCUT2D eigenvalue weighted by molar-refractivity contribution is 5.24. The Morgan fingerprint density at radius 2 is 2.07 bits per heavy atom. The lowest BCUT2D eigenvalue weighted by atomic mass is 10.0. The molecule has 0 spiro atoms. The Morgan fingerprint density at radius 3 is 2.47 bits per heavy atom. The molecule has 0 bridgehead atoms. The molecule has 15 heavy (non-hydrogen) atoms. The Balaban J connectivity index is 2.65. The van der Waals surface area contributed by atoms with Gasteiger partial charge in [0, 0.05) is 18.8 Å². The first-order valence-electron chi connectivity index (χ1n) is 5.36. The van der Waals surface area contributed by atoms with Crippen LogP contribution in [0.1, 0.15) is 30.3 Å². The molecule has 4 heteroatoms. The minimum absolute atomic E-state index is 0.165. The summed E-state index contributed by atoms with van der Waals surface area (Å²) in [6.07, 6.45) is 1.11. The third kappa shape index (κ3) is 2.79. The van der Waals surface area contributed by atoms with Gasteiger partial charge in [-0.05, 0) is 39.2 Å². The fraction of sp³-hybridized carbons (Fsp3) is 0.727. The minimum Gasteiger partial charge on any atom is -0.392 e. The van der Waals surface area contributed by atoms with Crippen LogP contribution in [0, 0.1) is 13.8 Å². The second kappa shape index (κ2) is 4.77. The molecule has 2 unspecified atom stereocenters. The third-order valence-corrected chi connectivity index (χ3v) is 2.96. The Labute approximate surface area is 91.1 Å². The molecule has 1 aromatic heterocycles. The van der Waals surface area contributed by atoms with Gasteiger partial charge in [-0.3, -0.25) is 4.68 Å². The maximum Gasteiger partial charge on any atom is 0.0691 e. The monoisotopic (exact) mass is 211 g/mol. The average Bonchev–Trinajstić information content (AvgIpc) is 2.38. The zero-order valence-corrected chi connectivity index (χ0v) is 9.99. The molecule has 0 aliphatic heterocycles. The molecule has 0 aliphatic carbocycles. The molecular weight excluding hydrogens is 190 g/mol. The van der Waals surface area contributed by atoms with Crippen molar-refractivity contribution in [3.05, 3.63) is 17.0 Å². The molecule has 0 aliphatic rings. The van der Waals surface area contributed by atoms with E-state index in [-0.39, 0.29) is 6.04 Å². The Hall–Kier alpha value is -0.870. The van der Waals surface area contributed by atoms with Gasteiger partial charge in [0.25, 0.3) is 0 Å². The number of nitrogens with zero attached hydrogens (tertiary/aromatic N) is 2. The van der Waals surface area contributed by atoms with Crippen molar-refractivity contribution in [2.45, 2.75) is 45.8 Å². The van der Waals surface area contributed by atoms with Crippen molar-refractivity contribution in [3.63, 3.8) is 0 Å². The molecule has 0 radical (unpaired) electrons. The smallest absolute Gasteiger partial charge is 0.0691 e. The summed E-state index contributed by atoms with van der Waals surface area (Å²) >= 11 is 0. The number of rotatable bonds is 4. The summed E-state index contributed by atoms with van der Waals surface area (Å²) in [5.41, 5.74) is 9.06. The summed E-state index contributed by atoms with van der Waals surface area (Å²) < 4.78 is 1.88. The molecule has 4 nitrogen and oxygen atoms in total. The molecule has 0 saturated carbocycles. The molecule has 1 heterocycles. The summed E-state index contributed by atoms with van der Waals surface area (Å²) in [7, 11) is 1.94. The van der Waals surface area contributed by atoms with E-state index in [1.165, 1.54) is 11.3 Å². The summed E-state index contributed by atoms with van der Waals surface area (Å²) in [5.74, 6) is 0. The summed E-state index contributed by atoms with van der Waals surface area (Å²) in [6, 6.07) is -0.165. The van der Waals surface area contributed by atoms with Crippen molar-refractivity contribution >= 4 is 0 Å². The Bertz CT molecular complexity index is 331. The van der Waals surface area contributed by atoms with Crippen LogP contribution in [0.5, 0.6) is 0 Å². The summed E-state index contributed by atoms with van der Waals surface area (Å²) in [6.45, 7) is 5.88. The molecule has 0 fully saturated rings. The van der Waals surface area contributed by atoms with E-state index in [2.05, 4.69) is 5.10 Å². The second-order valence-corrected chi connectivity index (χ2v) is 4.24. The predicted molar refractivity (Wildman–Crippen MR) is 60.7 cm³/mol. The van der Waals surface area contributed by atoms with Crippen LogP contribution in [0.4, 0.5) is 0 Å². The number of aliphatic hydroxyl groups excluding tert-OH is 1. The first-order valence-corrected chi connectivity index (χ1v) is 5.36. The fourth-order valence-electron chi connectivity index (χ4n) is 1.73. The van der Waals surface area contributed by atoms with Crippen LogP contribution in [0.25, 0.3) is 0 Å². The van der Waals surface area contributed by atoms with Crippen LogP contribution in [-0.4, -0.2) is 27.0 Å². The van der Waals surface area contributed by atoms with Crippen molar-refractivity contribution in [2.75, 3.05) is 0 Å². The van der Waals surface area contributed by atoms with Crippen LogP contribution < -0.4 is 5.73 Å². The maximum absolute atomic E-state index is 9.62. The molecular formula is C11H21N3O. The minimum atomic E-state index is -0.427. The standard InChI is InChI=1S/C11H21N3O/c1-7(12)11(15)6-5-10-8(2)13-14(4)9(10)3/h7,11,15H,5-6,12H2,1-4H3. The van der Waals surface area contributed by atoms with Crippen LogP contribution in [-0.2, 0) is 13.5 Å². The highest BCUT2D eigenvalue weighted by Gasteiger charge is 2.13. The zero-order valence-electron chi connectivity index (χ0n) is 9.99. The van der Waals surface area contributed by atoms with Crippen molar-refractivity contribution in [3.8, 4) is 0 Å². The van der Waals surface area contributed by atoms with E-state index < -0.39 is 6.10 Å². The van der Waals surface area contributed by atoms with Gasteiger partial charge < -0.3 is 10.8 Å². The molecule has 1 aromatic rings. The number of hydrogen-bond acceptors (Lipinski definition) is 3. The van der Waals surface area contributed by atoms with Gasteiger partial charge in [-0.1, -0.05) is 0 Å². The van der Waals surface area contributed by atoms with Crippen LogP contribution in [0.15, 0.2) is 0 Å². The van der Waals surface area contributed by atoms with E-state index in [4.69, 9.17) is 5.73 Å². The van der Waals surface area contributed by atoms with Gasteiger partial charge in [0.1, 0.15) is 0 Å². The third-order valence-electron chi connectivity index (χ3n) is 2.96. The van der Waals surface area contributed by atoms with E-state index >= 15 is 0 Å². The first kappa shape index (κ1) is 12.2. The Morgan fingerprint density at radius 1 is 1.47 bits per heavy atom. The molecule has 0 saturated heterocycles. The molecule has 0 amide bonds.